The summed E-state index contributed by atoms with van der Waals surface area (Å²) in [4.78, 5) is 29.7. The molecule has 1 N–H and O–H groups in total. The molecule has 0 aliphatic carbocycles. The molecule has 0 aromatic heterocycles. The van der Waals surface area contributed by atoms with E-state index in [2.05, 4.69) is 17.1 Å². The van der Waals surface area contributed by atoms with Crippen LogP contribution in [-0.2, 0) is 4.79 Å². The van der Waals surface area contributed by atoms with E-state index in [4.69, 9.17) is 4.74 Å². The second kappa shape index (κ2) is 11.0. The first-order valence-electron chi connectivity index (χ1n) is 11.0. The van der Waals surface area contributed by atoms with Gasteiger partial charge in [-0.05, 0) is 62.6 Å². The van der Waals surface area contributed by atoms with Crippen LogP contribution in [0.4, 0.5) is 5.69 Å². The molecule has 6 heteroatoms. The second-order valence-corrected chi connectivity index (χ2v) is 8.11. The molecular weight excluding hydrogens is 390 g/mol. The molecule has 0 unspecified atom stereocenters. The summed E-state index contributed by atoms with van der Waals surface area (Å²) in [7, 11) is 1.61. The molecule has 1 aliphatic rings. The molecule has 166 valence electrons. The van der Waals surface area contributed by atoms with Crippen LogP contribution in [0.25, 0.3) is 0 Å². The fraction of sp³-hybridized carbons (Fsp3) is 0.440. The third-order valence-corrected chi connectivity index (χ3v) is 5.78. The molecule has 1 fully saturated rings. The third-order valence-electron chi connectivity index (χ3n) is 5.78. The smallest absolute Gasteiger partial charge is 0.253 e. The Labute approximate surface area is 185 Å². The van der Waals surface area contributed by atoms with E-state index < -0.39 is 0 Å². The standard InChI is InChI=1S/C25H33N3O3/c1-4-14-28(18-24(29)26-22-17-19(2)10-11-23(22)31-3)21-12-15-27(16-13-21)25(30)20-8-6-5-7-9-20/h5-11,17,21H,4,12-16,18H2,1-3H3,(H,26,29). The SMILES string of the molecule is CCCN(CC(=O)Nc1cc(C)ccc1OC)C1CCN(C(=O)c2ccccc2)CC1. The molecule has 0 saturated carbocycles. The molecule has 0 atom stereocenters. The van der Waals surface area contributed by atoms with E-state index in [9.17, 15) is 9.59 Å². The van der Waals surface area contributed by atoms with Gasteiger partial charge < -0.3 is 15.0 Å². The summed E-state index contributed by atoms with van der Waals surface area (Å²) in [5.74, 6) is 0.708. The van der Waals surface area contributed by atoms with Crippen LogP contribution in [0.15, 0.2) is 48.5 Å². The number of piperidine rings is 1. The Kier molecular flexibility index (Phi) is 8.06. The predicted octanol–water partition coefficient (Wildman–Crippen LogP) is 3.96. The fourth-order valence-electron chi connectivity index (χ4n) is 4.17. The van der Waals surface area contributed by atoms with Gasteiger partial charge in [0.1, 0.15) is 5.75 Å². The molecule has 2 amide bonds. The molecule has 0 radical (unpaired) electrons. The van der Waals surface area contributed by atoms with Gasteiger partial charge in [0.2, 0.25) is 5.91 Å². The largest absolute Gasteiger partial charge is 0.495 e. The molecule has 6 nitrogen and oxygen atoms in total. The number of hydrogen-bond donors (Lipinski definition) is 1. The summed E-state index contributed by atoms with van der Waals surface area (Å²) in [6.45, 7) is 6.74. The van der Waals surface area contributed by atoms with Gasteiger partial charge in [-0.2, -0.15) is 0 Å². The molecule has 0 spiro atoms. The number of nitrogens with zero attached hydrogens (tertiary/aromatic N) is 2. The Balaban J connectivity index is 1.58. The van der Waals surface area contributed by atoms with Gasteiger partial charge in [-0.25, -0.2) is 0 Å². The van der Waals surface area contributed by atoms with Crippen LogP contribution in [0.2, 0.25) is 0 Å². The number of anilines is 1. The minimum absolute atomic E-state index is 0.0415. The van der Waals surface area contributed by atoms with Crippen LogP contribution < -0.4 is 10.1 Å². The number of nitrogens with one attached hydrogen (secondary N) is 1. The lowest BCUT2D eigenvalue weighted by Crippen LogP contribution is -2.49. The Hall–Kier alpha value is -2.86. The second-order valence-electron chi connectivity index (χ2n) is 8.11. The van der Waals surface area contributed by atoms with E-state index in [0.717, 1.165) is 36.9 Å². The van der Waals surface area contributed by atoms with Crippen molar-refractivity contribution in [2.75, 3.05) is 38.6 Å². The van der Waals surface area contributed by atoms with Gasteiger partial charge in [0.05, 0.1) is 19.3 Å². The third kappa shape index (κ3) is 6.07. The topological polar surface area (TPSA) is 61.9 Å². The van der Waals surface area contributed by atoms with Gasteiger partial charge in [-0.1, -0.05) is 31.2 Å². The normalized spacial score (nSPS) is 14.5. The zero-order chi connectivity index (χ0) is 22.2. The summed E-state index contributed by atoms with van der Waals surface area (Å²) in [5, 5.41) is 3.01. The lowest BCUT2D eigenvalue weighted by Gasteiger charge is -2.38. The first kappa shape index (κ1) is 22.8. The first-order valence-corrected chi connectivity index (χ1v) is 11.0. The highest BCUT2D eigenvalue weighted by molar-refractivity contribution is 5.94. The molecule has 31 heavy (non-hydrogen) atoms. The van der Waals surface area contributed by atoms with Crippen LogP contribution >= 0.6 is 0 Å². The minimum atomic E-state index is -0.0415. The molecule has 2 aromatic carbocycles. The van der Waals surface area contributed by atoms with Crippen LogP contribution in [0.1, 0.15) is 42.1 Å². The average molecular weight is 424 g/mol. The lowest BCUT2D eigenvalue weighted by atomic mass is 10.0. The Bertz CT molecular complexity index is 877. The maximum Gasteiger partial charge on any atom is 0.253 e. The van der Waals surface area contributed by atoms with E-state index in [0.29, 0.717) is 37.1 Å². The molecular formula is C25H33N3O3. The van der Waals surface area contributed by atoms with Crippen molar-refractivity contribution in [2.45, 2.75) is 39.2 Å². The number of rotatable bonds is 8. The zero-order valence-electron chi connectivity index (χ0n) is 18.8. The summed E-state index contributed by atoms with van der Waals surface area (Å²) < 4.78 is 5.37. The Morgan fingerprint density at radius 3 is 2.48 bits per heavy atom. The fourth-order valence-corrected chi connectivity index (χ4v) is 4.17. The van der Waals surface area contributed by atoms with E-state index in [1.165, 1.54) is 0 Å². The van der Waals surface area contributed by atoms with Crippen molar-refractivity contribution in [3.63, 3.8) is 0 Å². The number of amides is 2. The molecule has 2 aromatic rings. The van der Waals surface area contributed by atoms with Crippen molar-refractivity contribution in [1.29, 1.82) is 0 Å². The highest BCUT2D eigenvalue weighted by Gasteiger charge is 2.28. The average Bonchev–Trinajstić information content (AvgIpc) is 2.79. The van der Waals surface area contributed by atoms with Crippen LogP contribution in [-0.4, -0.2) is 60.9 Å². The first-order chi connectivity index (χ1) is 15.0. The number of aryl methyl sites for hydroxylation is 1. The van der Waals surface area contributed by atoms with Gasteiger partial charge in [-0.15, -0.1) is 0 Å². The maximum absolute atomic E-state index is 12.8. The summed E-state index contributed by atoms with van der Waals surface area (Å²) in [6.07, 6.45) is 2.73. The predicted molar refractivity (Wildman–Crippen MR) is 124 cm³/mol. The lowest BCUT2D eigenvalue weighted by molar-refractivity contribution is -0.118. The number of carbonyl (C=O) groups is 2. The Morgan fingerprint density at radius 1 is 1.13 bits per heavy atom. The molecule has 1 saturated heterocycles. The van der Waals surface area contributed by atoms with Gasteiger partial charge in [0, 0.05) is 24.7 Å². The van der Waals surface area contributed by atoms with Gasteiger partial charge in [-0.3, -0.25) is 14.5 Å². The van der Waals surface area contributed by atoms with Crippen LogP contribution in [0.3, 0.4) is 0 Å². The number of methoxy groups -OCH3 is 1. The zero-order valence-corrected chi connectivity index (χ0v) is 18.8. The minimum Gasteiger partial charge on any atom is -0.495 e. The highest BCUT2D eigenvalue weighted by Crippen LogP contribution is 2.25. The number of likely N-dealkylation sites (tertiary alicyclic amines) is 1. The van der Waals surface area contributed by atoms with Crippen LogP contribution in [0, 0.1) is 6.92 Å². The van der Waals surface area contributed by atoms with Crippen molar-refractivity contribution < 1.29 is 14.3 Å². The van der Waals surface area contributed by atoms with Crippen molar-refractivity contribution in [1.82, 2.24) is 9.80 Å². The summed E-state index contributed by atoms with van der Waals surface area (Å²) in [5.41, 5.74) is 2.50. The molecule has 0 bridgehead atoms. The van der Waals surface area contributed by atoms with E-state index in [1.807, 2.05) is 60.4 Å². The number of carbonyl (C=O) groups excluding carboxylic acids is 2. The summed E-state index contributed by atoms with van der Waals surface area (Å²) in [6, 6.07) is 15.5. The van der Waals surface area contributed by atoms with Crippen molar-refractivity contribution in [2.24, 2.45) is 0 Å². The number of hydrogen-bond acceptors (Lipinski definition) is 4. The highest BCUT2D eigenvalue weighted by atomic mass is 16.5. The van der Waals surface area contributed by atoms with E-state index in [1.54, 1.807) is 7.11 Å². The van der Waals surface area contributed by atoms with Gasteiger partial charge >= 0.3 is 0 Å². The van der Waals surface area contributed by atoms with Gasteiger partial charge in [0.15, 0.2) is 0 Å². The molecule has 3 rings (SSSR count). The number of benzene rings is 2. The van der Waals surface area contributed by atoms with Crippen molar-refractivity contribution in [3.05, 3.63) is 59.7 Å². The number of ether oxygens (including phenoxy) is 1. The summed E-state index contributed by atoms with van der Waals surface area (Å²) >= 11 is 0. The maximum atomic E-state index is 12.8. The van der Waals surface area contributed by atoms with Gasteiger partial charge in [0.25, 0.3) is 5.91 Å². The van der Waals surface area contributed by atoms with Crippen LogP contribution in [0.5, 0.6) is 5.75 Å². The van der Waals surface area contributed by atoms with E-state index in [-0.39, 0.29) is 11.8 Å². The molecule has 1 aliphatic heterocycles. The van der Waals surface area contributed by atoms with Crippen molar-refractivity contribution in [3.8, 4) is 5.75 Å². The van der Waals surface area contributed by atoms with E-state index >= 15 is 0 Å². The Morgan fingerprint density at radius 2 is 1.84 bits per heavy atom. The monoisotopic (exact) mass is 423 g/mol. The quantitative estimate of drug-likeness (QED) is 0.698. The van der Waals surface area contributed by atoms with Crippen molar-refractivity contribution >= 4 is 17.5 Å². The molecule has 1 heterocycles.